The van der Waals surface area contributed by atoms with Crippen LogP contribution in [0.25, 0.3) is 10.8 Å². The van der Waals surface area contributed by atoms with E-state index in [1.807, 2.05) is 56.3 Å². The topological polar surface area (TPSA) is 75.7 Å². The average molecular weight is 441 g/mol. The molecule has 0 fully saturated rings. The molecule has 0 aliphatic rings. The van der Waals surface area contributed by atoms with Gasteiger partial charge in [0.05, 0.1) is 4.90 Å². The summed E-state index contributed by atoms with van der Waals surface area (Å²) in [5, 5.41) is 4.88. The van der Waals surface area contributed by atoms with Gasteiger partial charge in [0.2, 0.25) is 10.0 Å². The number of hydrogen-bond acceptors (Lipinski definition) is 4. The van der Waals surface area contributed by atoms with E-state index >= 15 is 0 Å². The minimum Gasteiger partial charge on any atom is -0.484 e. The summed E-state index contributed by atoms with van der Waals surface area (Å²) in [6, 6.07) is 19.8. The normalized spacial score (nSPS) is 11.6. The number of amides is 1. The van der Waals surface area contributed by atoms with Crippen LogP contribution >= 0.6 is 0 Å². The maximum atomic E-state index is 12.8. The van der Waals surface area contributed by atoms with Crippen LogP contribution in [0.5, 0.6) is 5.75 Å². The Morgan fingerprint density at radius 2 is 1.55 bits per heavy atom. The van der Waals surface area contributed by atoms with E-state index in [9.17, 15) is 13.2 Å². The molecule has 0 unspecified atom stereocenters. The lowest BCUT2D eigenvalue weighted by Crippen LogP contribution is -2.32. The number of carbonyl (C=O) groups is 1. The number of carbonyl (C=O) groups excluding carboxylic acids is 1. The van der Waals surface area contributed by atoms with Crippen LogP contribution in [0.3, 0.4) is 0 Å². The van der Waals surface area contributed by atoms with Gasteiger partial charge in [-0.15, -0.1) is 0 Å². The molecule has 1 N–H and O–H groups in total. The Balaban J connectivity index is 1.60. The molecule has 0 aromatic heterocycles. The summed E-state index contributed by atoms with van der Waals surface area (Å²) >= 11 is 0. The van der Waals surface area contributed by atoms with Crippen LogP contribution in [-0.2, 0) is 14.8 Å². The molecule has 164 valence electrons. The Kier molecular flexibility index (Phi) is 7.65. The lowest BCUT2D eigenvalue weighted by atomic mass is 10.1. The predicted octanol–water partition coefficient (Wildman–Crippen LogP) is 4.67. The molecule has 3 aromatic rings. The predicted molar refractivity (Wildman–Crippen MR) is 124 cm³/mol. The van der Waals surface area contributed by atoms with Crippen molar-refractivity contribution in [2.24, 2.45) is 0 Å². The molecule has 0 aliphatic carbocycles. The fourth-order valence-corrected chi connectivity index (χ4v) is 4.94. The lowest BCUT2D eigenvalue weighted by Gasteiger charge is -2.21. The van der Waals surface area contributed by atoms with E-state index in [1.165, 1.54) is 16.4 Å². The number of sulfonamides is 1. The molecule has 7 heteroatoms. The summed E-state index contributed by atoms with van der Waals surface area (Å²) in [5.74, 6) is 0.296. The summed E-state index contributed by atoms with van der Waals surface area (Å²) in [7, 11) is -3.54. The van der Waals surface area contributed by atoms with Crippen LogP contribution in [0, 0.1) is 0 Å². The first-order valence-corrected chi connectivity index (χ1v) is 11.9. The molecular formula is C24H28N2O4S. The quantitative estimate of drug-likeness (QED) is 0.497. The van der Waals surface area contributed by atoms with E-state index in [2.05, 4.69) is 5.32 Å². The van der Waals surface area contributed by atoms with Crippen molar-refractivity contribution < 1.29 is 17.9 Å². The second-order valence-electron chi connectivity index (χ2n) is 7.27. The van der Waals surface area contributed by atoms with Gasteiger partial charge in [-0.3, -0.25) is 4.79 Å². The van der Waals surface area contributed by atoms with E-state index in [0.29, 0.717) is 24.5 Å². The SMILES string of the molecule is CCCN(CCC)S(=O)(=O)c1ccc(NC(=O)COc2ccc3ccccc3c2)cc1. The number of fused-ring (bicyclic) bond motifs is 1. The smallest absolute Gasteiger partial charge is 0.262 e. The number of nitrogens with zero attached hydrogens (tertiary/aromatic N) is 1. The Morgan fingerprint density at radius 1 is 0.903 bits per heavy atom. The first-order chi connectivity index (χ1) is 14.9. The largest absolute Gasteiger partial charge is 0.484 e. The highest BCUT2D eigenvalue weighted by atomic mass is 32.2. The Bertz CT molecular complexity index is 1120. The van der Waals surface area contributed by atoms with Gasteiger partial charge < -0.3 is 10.1 Å². The molecule has 0 bridgehead atoms. The fourth-order valence-electron chi connectivity index (χ4n) is 3.31. The van der Waals surface area contributed by atoms with Gasteiger partial charge in [-0.05, 0) is 60.0 Å². The van der Waals surface area contributed by atoms with Crippen molar-refractivity contribution in [3.05, 3.63) is 66.7 Å². The summed E-state index contributed by atoms with van der Waals surface area (Å²) in [4.78, 5) is 12.5. The summed E-state index contributed by atoms with van der Waals surface area (Å²) in [5.41, 5.74) is 0.517. The monoisotopic (exact) mass is 440 g/mol. The van der Waals surface area contributed by atoms with Gasteiger partial charge >= 0.3 is 0 Å². The van der Waals surface area contributed by atoms with Crippen molar-refractivity contribution in [2.45, 2.75) is 31.6 Å². The molecule has 0 atom stereocenters. The summed E-state index contributed by atoms with van der Waals surface area (Å²) < 4.78 is 32.7. The van der Waals surface area contributed by atoms with Crippen molar-refractivity contribution in [2.75, 3.05) is 25.0 Å². The molecule has 0 spiro atoms. The van der Waals surface area contributed by atoms with Gasteiger partial charge in [-0.1, -0.05) is 44.2 Å². The molecule has 0 saturated carbocycles. The highest BCUT2D eigenvalue weighted by Gasteiger charge is 2.22. The Hall–Kier alpha value is -2.90. The van der Waals surface area contributed by atoms with E-state index in [4.69, 9.17) is 4.74 Å². The lowest BCUT2D eigenvalue weighted by molar-refractivity contribution is -0.118. The average Bonchev–Trinajstić information content (AvgIpc) is 2.78. The Labute approximate surface area is 183 Å². The zero-order valence-electron chi connectivity index (χ0n) is 17.9. The number of benzene rings is 3. The first kappa shape index (κ1) is 22.8. The van der Waals surface area contributed by atoms with Gasteiger partial charge in [-0.2, -0.15) is 4.31 Å². The second-order valence-corrected chi connectivity index (χ2v) is 9.21. The number of anilines is 1. The maximum Gasteiger partial charge on any atom is 0.262 e. The number of nitrogens with one attached hydrogen (secondary N) is 1. The van der Waals surface area contributed by atoms with E-state index in [0.717, 1.165) is 23.6 Å². The van der Waals surface area contributed by atoms with E-state index in [-0.39, 0.29) is 17.4 Å². The third-order valence-electron chi connectivity index (χ3n) is 4.81. The van der Waals surface area contributed by atoms with Crippen molar-refractivity contribution >= 4 is 32.4 Å². The van der Waals surface area contributed by atoms with Gasteiger partial charge in [0.1, 0.15) is 5.75 Å². The van der Waals surface area contributed by atoms with Gasteiger partial charge in [0.15, 0.2) is 6.61 Å². The third kappa shape index (κ3) is 5.83. The fraction of sp³-hybridized carbons (Fsp3) is 0.292. The van der Waals surface area contributed by atoms with Crippen molar-refractivity contribution in [3.63, 3.8) is 0 Å². The molecule has 1 amide bonds. The molecule has 0 radical (unpaired) electrons. The number of hydrogen-bond donors (Lipinski definition) is 1. The van der Waals surface area contributed by atoms with E-state index in [1.54, 1.807) is 12.1 Å². The highest BCUT2D eigenvalue weighted by Crippen LogP contribution is 2.21. The van der Waals surface area contributed by atoms with Gasteiger partial charge in [-0.25, -0.2) is 8.42 Å². The summed E-state index contributed by atoms with van der Waals surface area (Å²) in [6.45, 7) is 4.74. The summed E-state index contributed by atoms with van der Waals surface area (Å²) in [6.07, 6.45) is 1.51. The van der Waals surface area contributed by atoms with Crippen molar-refractivity contribution in [1.82, 2.24) is 4.31 Å². The molecule has 3 aromatic carbocycles. The second kappa shape index (κ2) is 10.4. The third-order valence-corrected chi connectivity index (χ3v) is 6.73. The number of rotatable bonds is 10. The minimum atomic E-state index is -3.54. The minimum absolute atomic E-state index is 0.140. The van der Waals surface area contributed by atoms with Crippen LogP contribution in [0.1, 0.15) is 26.7 Å². The van der Waals surface area contributed by atoms with Gasteiger partial charge in [0.25, 0.3) is 5.91 Å². The molecule has 0 saturated heterocycles. The van der Waals surface area contributed by atoms with Crippen molar-refractivity contribution in [3.8, 4) is 5.75 Å². The molecule has 0 aliphatic heterocycles. The highest BCUT2D eigenvalue weighted by molar-refractivity contribution is 7.89. The molecule has 3 rings (SSSR count). The van der Waals surface area contributed by atoms with Crippen LogP contribution < -0.4 is 10.1 Å². The van der Waals surface area contributed by atoms with Crippen LogP contribution in [0.15, 0.2) is 71.6 Å². The Morgan fingerprint density at radius 3 is 2.19 bits per heavy atom. The van der Waals surface area contributed by atoms with Crippen LogP contribution in [0.4, 0.5) is 5.69 Å². The van der Waals surface area contributed by atoms with Crippen LogP contribution in [0.2, 0.25) is 0 Å². The first-order valence-electron chi connectivity index (χ1n) is 10.5. The van der Waals surface area contributed by atoms with Gasteiger partial charge in [0, 0.05) is 18.8 Å². The standard InChI is InChI=1S/C24H28N2O4S/c1-3-15-26(16-4-2)31(28,29)23-13-10-21(11-14-23)25-24(27)18-30-22-12-9-19-7-5-6-8-20(19)17-22/h5-14,17H,3-4,15-16,18H2,1-2H3,(H,25,27). The van der Waals surface area contributed by atoms with E-state index < -0.39 is 10.0 Å². The molecular weight excluding hydrogens is 412 g/mol. The number of ether oxygens (including phenoxy) is 1. The molecule has 6 nitrogen and oxygen atoms in total. The molecule has 0 heterocycles. The maximum absolute atomic E-state index is 12.8. The molecule has 31 heavy (non-hydrogen) atoms. The zero-order valence-corrected chi connectivity index (χ0v) is 18.7. The van der Waals surface area contributed by atoms with Crippen LogP contribution in [-0.4, -0.2) is 38.3 Å². The zero-order chi connectivity index (χ0) is 22.3. The van der Waals surface area contributed by atoms with Crippen molar-refractivity contribution in [1.29, 1.82) is 0 Å².